The molecule has 1 aliphatic rings. The van der Waals surface area contributed by atoms with Crippen molar-refractivity contribution in [2.45, 2.75) is 0 Å². The number of fused-ring (bicyclic) bond motifs is 1. The van der Waals surface area contributed by atoms with Gasteiger partial charge in [0.05, 0.1) is 10.0 Å². The highest BCUT2D eigenvalue weighted by Gasteiger charge is 2.25. The van der Waals surface area contributed by atoms with Crippen LogP contribution in [0.2, 0.25) is 10.0 Å². The molecule has 0 spiro atoms. The summed E-state index contributed by atoms with van der Waals surface area (Å²) in [7, 11) is 0. The molecule has 1 aliphatic heterocycles. The van der Waals surface area contributed by atoms with Crippen LogP contribution in [-0.4, -0.2) is 9.98 Å². The van der Waals surface area contributed by atoms with Gasteiger partial charge >= 0.3 is 0 Å². The van der Waals surface area contributed by atoms with Crippen molar-refractivity contribution < 1.29 is 0 Å². The van der Waals surface area contributed by atoms with E-state index in [2.05, 4.69) is 5.32 Å². The topological polar surface area (TPSA) is 12.0 Å². The smallest absolute Gasteiger partial charge is 0.113 e. The Bertz CT molecular complexity index is 389. The SMILES string of the molecule is S=C1NC(=S)c2c(Cl)ccc(Cl)c21. The van der Waals surface area contributed by atoms with Crippen LogP contribution >= 0.6 is 47.6 Å². The molecule has 0 aromatic heterocycles. The van der Waals surface area contributed by atoms with Gasteiger partial charge in [0.1, 0.15) is 9.98 Å². The average Bonchev–Trinajstić information content (AvgIpc) is 2.36. The van der Waals surface area contributed by atoms with E-state index in [1.54, 1.807) is 12.1 Å². The van der Waals surface area contributed by atoms with E-state index in [-0.39, 0.29) is 0 Å². The second kappa shape index (κ2) is 3.17. The first kappa shape index (κ1) is 9.34. The number of hydrogen-bond donors (Lipinski definition) is 1. The molecule has 0 saturated carbocycles. The molecule has 0 unspecified atom stereocenters. The van der Waals surface area contributed by atoms with Crippen LogP contribution in [0, 0.1) is 0 Å². The Balaban J connectivity index is 2.81. The molecule has 1 aromatic rings. The zero-order valence-electron chi connectivity index (χ0n) is 6.23. The first-order valence-corrected chi connectivity index (χ1v) is 5.02. The van der Waals surface area contributed by atoms with Gasteiger partial charge in [0.25, 0.3) is 0 Å². The molecule has 0 fully saturated rings. The van der Waals surface area contributed by atoms with Gasteiger partial charge in [-0.1, -0.05) is 47.6 Å². The van der Waals surface area contributed by atoms with Crippen LogP contribution in [0.15, 0.2) is 12.1 Å². The van der Waals surface area contributed by atoms with Crippen LogP contribution in [-0.2, 0) is 0 Å². The number of nitrogens with one attached hydrogen (secondary N) is 1. The minimum atomic E-state index is 0.549. The third kappa shape index (κ3) is 1.36. The van der Waals surface area contributed by atoms with Crippen LogP contribution in [0.1, 0.15) is 11.1 Å². The Morgan fingerprint density at radius 3 is 1.69 bits per heavy atom. The fourth-order valence-electron chi connectivity index (χ4n) is 1.22. The molecule has 1 aromatic carbocycles. The van der Waals surface area contributed by atoms with Crippen molar-refractivity contribution in [2.75, 3.05) is 0 Å². The lowest BCUT2D eigenvalue weighted by atomic mass is 10.1. The molecule has 0 atom stereocenters. The highest BCUT2D eigenvalue weighted by Crippen LogP contribution is 2.30. The molecule has 13 heavy (non-hydrogen) atoms. The van der Waals surface area contributed by atoms with E-state index < -0.39 is 0 Å². The molecule has 1 nitrogen and oxygen atoms in total. The van der Waals surface area contributed by atoms with Gasteiger partial charge in [-0.3, -0.25) is 0 Å². The van der Waals surface area contributed by atoms with Crippen molar-refractivity contribution in [3.63, 3.8) is 0 Å². The van der Waals surface area contributed by atoms with Gasteiger partial charge in [0.15, 0.2) is 0 Å². The van der Waals surface area contributed by atoms with Gasteiger partial charge in [-0.2, -0.15) is 0 Å². The van der Waals surface area contributed by atoms with Crippen LogP contribution in [0.3, 0.4) is 0 Å². The molecule has 0 aliphatic carbocycles. The van der Waals surface area contributed by atoms with Gasteiger partial charge in [0, 0.05) is 11.1 Å². The highest BCUT2D eigenvalue weighted by atomic mass is 35.5. The molecule has 0 bridgehead atoms. The summed E-state index contributed by atoms with van der Waals surface area (Å²) in [6.07, 6.45) is 0. The fraction of sp³-hybridized carbons (Fsp3) is 0. The maximum absolute atomic E-state index is 5.96. The predicted octanol–water partition coefficient (Wildman–Crippen LogP) is 2.95. The van der Waals surface area contributed by atoms with E-state index in [0.29, 0.717) is 20.0 Å². The molecular formula is C8H3Cl2NS2. The Morgan fingerprint density at radius 2 is 1.31 bits per heavy atom. The van der Waals surface area contributed by atoms with Crippen LogP contribution in [0.5, 0.6) is 0 Å². The first-order valence-electron chi connectivity index (χ1n) is 3.45. The first-order chi connectivity index (χ1) is 6.11. The predicted molar refractivity (Wildman–Crippen MR) is 63.0 cm³/mol. The molecule has 2 rings (SSSR count). The minimum Gasteiger partial charge on any atom is -0.337 e. The summed E-state index contributed by atoms with van der Waals surface area (Å²) < 4.78 is 0. The van der Waals surface area contributed by atoms with E-state index in [9.17, 15) is 0 Å². The van der Waals surface area contributed by atoms with Crippen LogP contribution in [0.25, 0.3) is 0 Å². The average molecular weight is 248 g/mol. The number of thiocarbonyl (C=S) groups is 2. The lowest BCUT2D eigenvalue weighted by Crippen LogP contribution is -2.18. The van der Waals surface area contributed by atoms with Gasteiger partial charge in [-0.25, -0.2) is 0 Å². The molecule has 1 N–H and O–H groups in total. The number of halogens is 2. The maximum Gasteiger partial charge on any atom is 0.113 e. The lowest BCUT2D eigenvalue weighted by molar-refractivity contribution is 1.51. The maximum atomic E-state index is 5.96. The number of rotatable bonds is 0. The number of hydrogen-bond acceptors (Lipinski definition) is 2. The molecule has 0 saturated heterocycles. The summed E-state index contributed by atoms with van der Waals surface area (Å²) in [5.74, 6) is 0. The van der Waals surface area contributed by atoms with E-state index >= 15 is 0 Å². The Morgan fingerprint density at radius 1 is 0.923 bits per heavy atom. The monoisotopic (exact) mass is 247 g/mol. The molecule has 1 heterocycles. The van der Waals surface area contributed by atoms with E-state index in [1.807, 2.05) is 0 Å². The van der Waals surface area contributed by atoms with Gasteiger partial charge < -0.3 is 5.32 Å². The van der Waals surface area contributed by atoms with Crippen LogP contribution < -0.4 is 5.32 Å². The van der Waals surface area contributed by atoms with Crippen molar-refractivity contribution in [3.05, 3.63) is 33.3 Å². The lowest BCUT2D eigenvalue weighted by Gasteiger charge is -2.01. The highest BCUT2D eigenvalue weighted by molar-refractivity contribution is 7.82. The Hall–Kier alpha value is -0.220. The summed E-state index contributed by atoms with van der Waals surface area (Å²) in [6, 6.07) is 3.43. The Kier molecular flexibility index (Phi) is 2.28. The zero-order valence-corrected chi connectivity index (χ0v) is 9.37. The van der Waals surface area contributed by atoms with E-state index in [1.165, 1.54) is 0 Å². The van der Waals surface area contributed by atoms with Gasteiger partial charge in [0.2, 0.25) is 0 Å². The summed E-state index contributed by atoms with van der Waals surface area (Å²) >= 11 is 22.0. The largest absolute Gasteiger partial charge is 0.337 e. The third-order valence-corrected chi connectivity index (χ3v) is 3.03. The van der Waals surface area contributed by atoms with Crippen molar-refractivity contribution >= 4 is 57.6 Å². The van der Waals surface area contributed by atoms with Crippen molar-refractivity contribution in [1.82, 2.24) is 5.32 Å². The molecule has 66 valence electrons. The summed E-state index contributed by atoms with van der Waals surface area (Å²) in [5.41, 5.74) is 1.49. The molecular weight excluding hydrogens is 245 g/mol. The van der Waals surface area contributed by atoms with Crippen molar-refractivity contribution in [3.8, 4) is 0 Å². The van der Waals surface area contributed by atoms with E-state index in [4.69, 9.17) is 47.6 Å². The number of benzene rings is 1. The summed E-state index contributed by atoms with van der Waals surface area (Å²) in [5, 5.41) is 4.02. The third-order valence-electron chi connectivity index (χ3n) is 1.78. The van der Waals surface area contributed by atoms with Gasteiger partial charge in [-0.05, 0) is 12.1 Å². The quantitative estimate of drug-likeness (QED) is 0.709. The molecule has 0 radical (unpaired) electrons. The van der Waals surface area contributed by atoms with Gasteiger partial charge in [-0.15, -0.1) is 0 Å². The zero-order chi connectivity index (χ0) is 9.59. The molecule has 0 amide bonds. The summed E-state index contributed by atoms with van der Waals surface area (Å²) in [6.45, 7) is 0. The summed E-state index contributed by atoms with van der Waals surface area (Å²) in [4.78, 5) is 1.10. The normalized spacial score (nSPS) is 14.3. The van der Waals surface area contributed by atoms with Crippen molar-refractivity contribution in [1.29, 1.82) is 0 Å². The minimum absolute atomic E-state index is 0.549. The standard InChI is InChI=1S/C8H3Cl2NS2/c9-3-1-2-4(10)6-5(3)7(12)11-8(6)13/h1-2H,(H,11,12,13). The second-order valence-electron chi connectivity index (χ2n) is 2.56. The van der Waals surface area contributed by atoms with Crippen LogP contribution in [0.4, 0.5) is 0 Å². The molecule has 5 heteroatoms. The van der Waals surface area contributed by atoms with E-state index in [0.717, 1.165) is 11.1 Å². The van der Waals surface area contributed by atoms with Crippen molar-refractivity contribution in [2.24, 2.45) is 0 Å². The fourth-order valence-corrected chi connectivity index (χ4v) is 2.53. The Labute approximate surface area is 96.0 Å². The second-order valence-corrected chi connectivity index (χ2v) is 4.19.